The Labute approximate surface area is 74.8 Å². The molecule has 1 amide bonds. The van der Waals surface area contributed by atoms with Crippen molar-refractivity contribution in [1.29, 1.82) is 0 Å². The first kappa shape index (κ1) is 8.99. The number of nitrogen functional groups attached to an aromatic ring is 1. The van der Waals surface area contributed by atoms with E-state index in [2.05, 4.69) is 10.3 Å². The molecule has 0 spiro atoms. The van der Waals surface area contributed by atoms with E-state index in [0.717, 1.165) is 5.69 Å². The normalized spacial score (nSPS) is 9.75. The fourth-order valence-electron chi connectivity index (χ4n) is 0.804. The number of rotatable bonds is 3. The Kier molecular flexibility index (Phi) is 3.04. The number of nitrogens with one attached hydrogen (secondary N) is 1. The van der Waals surface area contributed by atoms with E-state index in [1.165, 1.54) is 11.3 Å². The number of nitrogens with two attached hydrogens (primary N) is 1. The minimum Gasteiger partial charge on any atom is -0.375 e. The lowest BCUT2D eigenvalue weighted by molar-refractivity contribution is -0.120. The van der Waals surface area contributed by atoms with Gasteiger partial charge in [0.2, 0.25) is 5.91 Å². The highest BCUT2D eigenvalue weighted by molar-refractivity contribution is 7.13. The molecular formula is C7H11N3OS. The Balaban J connectivity index is 2.38. The summed E-state index contributed by atoms with van der Waals surface area (Å²) in [7, 11) is 1.62. The fourth-order valence-corrected chi connectivity index (χ4v) is 1.40. The summed E-state index contributed by atoms with van der Waals surface area (Å²) in [6.07, 6.45) is 1.13. The van der Waals surface area contributed by atoms with Crippen molar-refractivity contribution < 1.29 is 4.79 Å². The molecular weight excluding hydrogens is 174 g/mol. The van der Waals surface area contributed by atoms with Crippen molar-refractivity contribution in [3.8, 4) is 0 Å². The van der Waals surface area contributed by atoms with E-state index in [1.54, 1.807) is 7.05 Å². The summed E-state index contributed by atoms with van der Waals surface area (Å²) in [4.78, 5) is 14.9. The van der Waals surface area contributed by atoms with Crippen molar-refractivity contribution >= 4 is 22.4 Å². The van der Waals surface area contributed by atoms with Crippen LogP contribution in [0.3, 0.4) is 0 Å². The van der Waals surface area contributed by atoms with Crippen LogP contribution in [0.15, 0.2) is 5.38 Å². The van der Waals surface area contributed by atoms with Crippen LogP contribution in [0.25, 0.3) is 0 Å². The maximum Gasteiger partial charge on any atom is 0.220 e. The van der Waals surface area contributed by atoms with E-state index < -0.39 is 0 Å². The average Bonchev–Trinajstić information content (AvgIpc) is 2.47. The van der Waals surface area contributed by atoms with Crippen molar-refractivity contribution in [1.82, 2.24) is 10.3 Å². The summed E-state index contributed by atoms with van der Waals surface area (Å²) in [5, 5.41) is 4.98. The number of aryl methyl sites for hydroxylation is 1. The van der Waals surface area contributed by atoms with Gasteiger partial charge in [-0.15, -0.1) is 11.3 Å². The maximum atomic E-state index is 10.8. The molecule has 5 heteroatoms. The summed E-state index contributed by atoms with van der Waals surface area (Å²) in [5.41, 5.74) is 6.31. The molecule has 0 radical (unpaired) electrons. The molecule has 0 unspecified atom stereocenters. The maximum absolute atomic E-state index is 10.8. The van der Waals surface area contributed by atoms with E-state index in [0.29, 0.717) is 18.0 Å². The quantitative estimate of drug-likeness (QED) is 0.716. The number of aromatic nitrogens is 1. The van der Waals surface area contributed by atoms with Crippen molar-refractivity contribution in [3.05, 3.63) is 11.1 Å². The van der Waals surface area contributed by atoms with Gasteiger partial charge in [0.25, 0.3) is 0 Å². The Bertz CT molecular complexity index is 271. The van der Waals surface area contributed by atoms with Crippen molar-refractivity contribution in [2.45, 2.75) is 12.8 Å². The van der Waals surface area contributed by atoms with Gasteiger partial charge in [-0.2, -0.15) is 0 Å². The minimum atomic E-state index is 0.0292. The van der Waals surface area contributed by atoms with Gasteiger partial charge in [-0.25, -0.2) is 4.98 Å². The van der Waals surface area contributed by atoms with Gasteiger partial charge in [0.1, 0.15) is 0 Å². The van der Waals surface area contributed by atoms with Crippen LogP contribution in [0.5, 0.6) is 0 Å². The van der Waals surface area contributed by atoms with Crippen LogP contribution < -0.4 is 11.1 Å². The van der Waals surface area contributed by atoms with E-state index in [1.807, 2.05) is 5.38 Å². The number of hydrogen-bond acceptors (Lipinski definition) is 4. The number of anilines is 1. The van der Waals surface area contributed by atoms with Gasteiger partial charge >= 0.3 is 0 Å². The highest BCUT2D eigenvalue weighted by Crippen LogP contribution is 2.12. The van der Waals surface area contributed by atoms with Crippen molar-refractivity contribution in [2.24, 2.45) is 0 Å². The van der Waals surface area contributed by atoms with Crippen molar-refractivity contribution in [3.63, 3.8) is 0 Å². The monoisotopic (exact) mass is 185 g/mol. The molecule has 12 heavy (non-hydrogen) atoms. The zero-order chi connectivity index (χ0) is 8.97. The Morgan fingerprint density at radius 3 is 3.08 bits per heavy atom. The summed E-state index contributed by atoms with van der Waals surface area (Å²) in [6, 6.07) is 0. The predicted octanol–water partition coefficient (Wildman–Crippen LogP) is 0.404. The third kappa shape index (κ3) is 2.50. The molecule has 1 aromatic rings. The van der Waals surface area contributed by atoms with Gasteiger partial charge in [0, 0.05) is 18.8 Å². The molecule has 3 N–H and O–H groups in total. The van der Waals surface area contributed by atoms with Crippen LogP contribution in [0.2, 0.25) is 0 Å². The zero-order valence-electron chi connectivity index (χ0n) is 6.83. The lowest BCUT2D eigenvalue weighted by atomic mass is 10.2. The molecule has 4 nitrogen and oxygen atoms in total. The molecule has 0 saturated heterocycles. The predicted molar refractivity (Wildman–Crippen MR) is 48.9 cm³/mol. The molecule has 0 aliphatic rings. The van der Waals surface area contributed by atoms with E-state index in [9.17, 15) is 4.79 Å². The molecule has 1 heterocycles. The van der Waals surface area contributed by atoms with Crippen LogP contribution >= 0.6 is 11.3 Å². The van der Waals surface area contributed by atoms with Crippen LogP contribution in [-0.2, 0) is 11.2 Å². The number of hydrogen-bond donors (Lipinski definition) is 2. The summed E-state index contributed by atoms with van der Waals surface area (Å²) in [5.74, 6) is 0.0292. The average molecular weight is 185 g/mol. The zero-order valence-corrected chi connectivity index (χ0v) is 7.65. The molecule has 66 valence electrons. The fraction of sp³-hybridized carbons (Fsp3) is 0.429. The van der Waals surface area contributed by atoms with Crippen LogP contribution in [0.4, 0.5) is 5.13 Å². The number of thiazole rings is 1. The van der Waals surface area contributed by atoms with E-state index in [4.69, 9.17) is 5.73 Å². The van der Waals surface area contributed by atoms with Gasteiger partial charge in [0.15, 0.2) is 5.13 Å². The van der Waals surface area contributed by atoms with Crippen LogP contribution in [-0.4, -0.2) is 17.9 Å². The SMILES string of the molecule is CNC(=O)CCc1csc(N)n1. The standard InChI is InChI=1S/C7H11N3OS/c1-9-6(11)3-2-5-4-12-7(8)10-5/h4H,2-3H2,1H3,(H2,8,10)(H,9,11). The second kappa shape index (κ2) is 4.06. The second-order valence-corrected chi connectivity index (χ2v) is 3.24. The lowest BCUT2D eigenvalue weighted by Gasteiger charge is -1.95. The van der Waals surface area contributed by atoms with Gasteiger partial charge in [-0.1, -0.05) is 0 Å². The third-order valence-electron chi connectivity index (χ3n) is 1.46. The molecule has 0 bridgehead atoms. The first-order valence-electron chi connectivity index (χ1n) is 3.63. The second-order valence-electron chi connectivity index (χ2n) is 2.35. The van der Waals surface area contributed by atoms with Crippen molar-refractivity contribution in [2.75, 3.05) is 12.8 Å². The summed E-state index contributed by atoms with van der Waals surface area (Å²) >= 11 is 1.40. The Morgan fingerprint density at radius 1 is 1.83 bits per heavy atom. The molecule has 0 fully saturated rings. The Morgan fingerprint density at radius 2 is 2.58 bits per heavy atom. The molecule has 0 aromatic carbocycles. The van der Waals surface area contributed by atoms with E-state index in [-0.39, 0.29) is 5.91 Å². The third-order valence-corrected chi connectivity index (χ3v) is 2.18. The number of amides is 1. The Hall–Kier alpha value is -1.10. The number of carbonyl (C=O) groups excluding carboxylic acids is 1. The van der Waals surface area contributed by atoms with E-state index >= 15 is 0 Å². The van der Waals surface area contributed by atoms with Crippen LogP contribution in [0.1, 0.15) is 12.1 Å². The molecule has 0 atom stereocenters. The van der Waals surface area contributed by atoms with Gasteiger partial charge in [-0.05, 0) is 6.42 Å². The largest absolute Gasteiger partial charge is 0.375 e. The molecule has 1 aromatic heterocycles. The lowest BCUT2D eigenvalue weighted by Crippen LogP contribution is -2.17. The molecule has 0 aliphatic carbocycles. The first-order chi connectivity index (χ1) is 5.72. The summed E-state index contributed by atoms with van der Waals surface area (Å²) in [6.45, 7) is 0. The topological polar surface area (TPSA) is 68.0 Å². The van der Waals surface area contributed by atoms with Gasteiger partial charge in [-0.3, -0.25) is 4.79 Å². The summed E-state index contributed by atoms with van der Waals surface area (Å²) < 4.78 is 0. The van der Waals surface area contributed by atoms with Crippen LogP contribution in [0, 0.1) is 0 Å². The van der Waals surface area contributed by atoms with Gasteiger partial charge < -0.3 is 11.1 Å². The number of nitrogens with zero attached hydrogens (tertiary/aromatic N) is 1. The molecule has 0 aliphatic heterocycles. The van der Waals surface area contributed by atoms with Gasteiger partial charge in [0.05, 0.1) is 5.69 Å². The molecule has 1 rings (SSSR count). The number of carbonyl (C=O) groups is 1. The highest BCUT2D eigenvalue weighted by Gasteiger charge is 2.02. The first-order valence-corrected chi connectivity index (χ1v) is 4.51. The molecule has 0 saturated carbocycles. The highest BCUT2D eigenvalue weighted by atomic mass is 32.1. The minimum absolute atomic E-state index is 0.0292. The smallest absolute Gasteiger partial charge is 0.220 e.